The van der Waals surface area contributed by atoms with Gasteiger partial charge in [-0.25, -0.2) is 0 Å². The zero-order valence-electron chi connectivity index (χ0n) is 43.9. The second kappa shape index (κ2) is 50.8. The molecule has 0 fully saturated rings. The van der Waals surface area contributed by atoms with Crippen LogP contribution in [0.5, 0.6) is 0 Å². The second-order valence-corrected chi connectivity index (χ2v) is 20.6. The summed E-state index contributed by atoms with van der Waals surface area (Å²) < 4.78 is 16.8. The van der Waals surface area contributed by atoms with Crippen molar-refractivity contribution in [2.75, 3.05) is 13.2 Å². The Morgan fingerprint density at radius 1 is 0.328 bits per heavy atom. The first-order valence-corrected chi connectivity index (χ1v) is 28.8. The molecule has 0 saturated carbocycles. The molecule has 0 aliphatic rings. The first-order valence-electron chi connectivity index (χ1n) is 28.8. The average molecular weight is 906 g/mol. The smallest absolute Gasteiger partial charge is 0.306 e. The number of rotatable bonds is 52. The third-order valence-electron chi connectivity index (χ3n) is 13.6. The van der Waals surface area contributed by atoms with Crippen LogP contribution >= 0.6 is 0 Å². The predicted octanol–water partition coefficient (Wildman–Crippen LogP) is 18.9. The molecule has 2 atom stereocenters. The monoisotopic (exact) mass is 905 g/mol. The molecular weight excluding hydrogens is 793 g/mol. The second-order valence-electron chi connectivity index (χ2n) is 20.6. The summed E-state index contributed by atoms with van der Waals surface area (Å²) in [4.78, 5) is 38.0. The molecule has 0 aliphatic carbocycles. The Morgan fingerprint density at radius 2 is 0.594 bits per heavy atom. The van der Waals surface area contributed by atoms with E-state index in [1.165, 1.54) is 212 Å². The molecule has 0 spiro atoms. The minimum absolute atomic E-state index is 0.0629. The molecule has 1 unspecified atom stereocenters. The third-order valence-corrected chi connectivity index (χ3v) is 13.6. The van der Waals surface area contributed by atoms with Gasteiger partial charge >= 0.3 is 17.9 Å². The van der Waals surface area contributed by atoms with Crippen molar-refractivity contribution in [3.05, 3.63) is 0 Å². The van der Waals surface area contributed by atoms with Crippen molar-refractivity contribution in [2.24, 2.45) is 11.8 Å². The van der Waals surface area contributed by atoms with E-state index in [1.54, 1.807) is 0 Å². The number of esters is 3. The highest BCUT2D eigenvalue weighted by molar-refractivity contribution is 5.71. The Kier molecular flexibility index (Phi) is 49.6. The van der Waals surface area contributed by atoms with Crippen LogP contribution < -0.4 is 0 Å². The normalized spacial score (nSPS) is 12.5. The molecule has 64 heavy (non-hydrogen) atoms. The topological polar surface area (TPSA) is 78.9 Å². The number of unbranched alkanes of at least 4 members (excludes halogenated alkanes) is 36. The van der Waals surface area contributed by atoms with Gasteiger partial charge in [-0.2, -0.15) is 0 Å². The van der Waals surface area contributed by atoms with Crippen molar-refractivity contribution >= 4 is 17.9 Å². The quantitative estimate of drug-likeness (QED) is 0.0344. The van der Waals surface area contributed by atoms with E-state index in [4.69, 9.17) is 14.2 Å². The van der Waals surface area contributed by atoms with E-state index >= 15 is 0 Å². The van der Waals surface area contributed by atoms with Gasteiger partial charge in [0.2, 0.25) is 0 Å². The molecule has 0 aliphatic heterocycles. The van der Waals surface area contributed by atoms with Crippen molar-refractivity contribution in [1.82, 2.24) is 0 Å². The Labute approximate surface area is 399 Å². The molecule has 0 aromatic carbocycles. The van der Waals surface area contributed by atoms with Gasteiger partial charge < -0.3 is 14.2 Å². The minimum atomic E-state index is -0.761. The molecule has 0 radical (unpaired) electrons. The Morgan fingerprint density at radius 3 is 0.891 bits per heavy atom. The highest BCUT2D eigenvalue weighted by Gasteiger charge is 2.19. The van der Waals surface area contributed by atoms with Crippen LogP contribution in [0.4, 0.5) is 0 Å². The number of carbonyl (C=O) groups excluding carboxylic acids is 3. The summed E-state index contributed by atoms with van der Waals surface area (Å²) in [6.45, 7) is 11.4. The van der Waals surface area contributed by atoms with E-state index < -0.39 is 6.10 Å². The third kappa shape index (κ3) is 49.8. The summed E-state index contributed by atoms with van der Waals surface area (Å²) in [5.74, 6) is 0.898. The van der Waals surface area contributed by atoms with E-state index in [2.05, 4.69) is 34.6 Å². The van der Waals surface area contributed by atoms with Crippen LogP contribution in [-0.4, -0.2) is 37.2 Å². The van der Waals surface area contributed by atoms with Gasteiger partial charge in [0.25, 0.3) is 0 Å². The van der Waals surface area contributed by atoms with E-state index in [-0.39, 0.29) is 31.1 Å². The predicted molar refractivity (Wildman–Crippen MR) is 275 cm³/mol. The van der Waals surface area contributed by atoms with Crippen molar-refractivity contribution in [2.45, 2.75) is 330 Å². The van der Waals surface area contributed by atoms with Crippen LogP contribution in [0.25, 0.3) is 0 Å². The summed E-state index contributed by atoms with van der Waals surface area (Å²) in [5, 5.41) is 0. The van der Waals surface area contributed by atoms with Crippen LogP contribution in [0.15, 0.2) is 0 Å². The van der Waals surface area contributed by atoms with Crippen molar-refractivity contribution in [1.29, 1.82) is 0 Å². The van der Waals surface area contributed by atoms with Crippen LogP contribution in [0.1, 0.15) is 324 Å². The van der Waals surface area contributed by atoms with Gasteiger partial charge in [-0.05, 0) is 31.1 Å². The zero-order valence-corrected chi connectivity index (χ0v) is 43.9. The zero-order chi connectivity index (χ0) is 46.8. The van der Waals surface area contributed by atoms with Gasteiger partial charge in [-0.3, -0.25) is 14.4 Å². The number of carbonyl (C=O) groups is 3. The maximum atomic E-state index is 12.8. The molecular formula is C58H112O6. The largest absolute Gasteiger partial charge is 0.462 e. The molecule has 0 rings (SSSR count). The molecule has 0 saturated heterocycles. The lowest BCUT2D eigenvalue weighted by molar-refractivity contribution is -0.167. The number of ether oxygens (including phenoxy) is 3. The van der Waals surface area contributed by atoms with Gasteiger partial charge in [0.15, 0.2) is 6.10 Å². The minimum Gasteiger partial charge on any atom is -0.462 e. The SMILES string of the molecule is CCCCCCCCCCCC(=O)OC[C@H](COC(=O)CCCCCCCCCCCCCCCCCCCCC(C)CC)OC(=O)CCCCCCCCCCCCCCC(C)C. The molecule has 0 bridgehead atoms. The molecule has 0 heterocycles. The molecule has 380 valence electrons. The summed E-state index contributed by atoms with van der Waals surface area (Å²) in [5.41, 5.74) is 0. The maximum Gasteiger partial charge on any atom is 0.306 e. The fraction of sp³-hybridized carbons (Fsp3) is 0.948. The lowest BCUT2D eigenvalue weighted by atomic mass is 9.99. The Bertz CT molecular complexity index is 980. The molecule has 0 aromatic heterocycles. The van der Waals surface area contributed by atoms with Crippen LogP contribution in [0.3, 0.4) is 0 Å². The van der Waals surface area contributed by atoms with Gasteiger partial charge in [0.05, 0.1) is 0 Å². The van der Waals surface area contributed by atoms with Gasteiger partial charge in [-0.15, -0.1) is 0 Å². The fourth-order valence-electron chi connectivity index (χ4n) is 8.84. The summed E-state index contributed by atoms with van der Waals surface area (Å²) >= 11 is 0. The van der Waals surface area contributed by atoms with Gasteiger partial charge in [0, 0.05) is 19.3 Å². The van der Waals surface area contributed by atoms with E-state index in [9.17, 15) is 14.4 Å². The van der Waals surface area contributed by atoms with Crippen LogP contribution in [0.2, 0.25) is 0 Å². The molecule has 6 heteroatoms. The van der Waals surface area contributed by atoms with Crippen LogP contribution in [-0.2, 0) is 28.6 Å². The van der Waals surface area contributed by atoms with Crippen molar-refractivity contribution < 1.29 is 28.6 Å². The van der Waals surface area contributed by atoms with Gasteiger partial charge in [-0.1, -0.05) is 285 Å². The maximum absolute atomic E-state index is 12.8. The summed E-state index contributed by atoms with van der Waals surface area (Å²) in [7, 11) is 0. The Hall–Kier alpha value is -1.59. The van der Waals surface area contributed by atoms with E-state index in [0.717, 1.165) is 69.6 Å². The first-order chi connectivity index (χ1) is 31.3. The molecule has 6 nitrogen and oxygen atoms in total. The number of hydrogen-bond donors (Lipinski definition) is 0. The van der Waals surface area contributed by atoms with E-state index in [0.29, 0.717) is 19.3 Å². The van der Waals surface area contributed by atoms with Crippen LogP contribution in [0, 0.1) is 11.8 Å². The summed E-state index contributed by atoms with van der Waals surface area (Å²) in [6.07, 6.45) is 53.8. The number of hydrogen-bond acceptors (Lipinski definition) is 6. The summed E-state index contributed by atoms with van der Waals surface area (Å²) in [6, 6.07) is 0. The molecule has 0 N–H and O–H groups in total. The lowest BCUT2D eigenvalue weighted by Crippen LogP contribution is -2.30. The first kappa shape index (κ1) is 62.4. The van der Waals surface area contributed by atoms with Crippen molar-refractivity contribution in [3.63, 3.8) is 0 Å². The molecule has 0 amide bonds. The highest BCUT2D eigenvalue weighted by Crippen LogP contribution is 2.19. The Balaban J connectivity index is 4.17. The lowest BCUT2D eigenvalue weighted by Gasteiger charge is -2.18. The van der Waals surface area contributed by atoms with Gasteiger partial charge in [0.1, 0.15) is 13.2 Å². The highest BCUT2D eigenvalue weighted by atomic mass is 16.6. The van der Waals surface area contributed by atoms with E-state index in [1.807, 2.05) is 0 Å². The fourth-order valence-corrected chi connectivity index (χ4v) is 8.84. The standard InChI is InChI=1S/C58H112O6/c1-6-8-9-10-11-26-33-38-43-48-56(59)62-51-55(64-58(61)50-45-40-35-30-25-21-20-22-27-31-36-41-46-53(3)4)52-63-57(60)49-44-39-34-29-24-19-17-15-13-12-14-16-18-23-28-32-37-42-47-54(5)7-2/h53-55H,6-52H2,1-5H3/t54?,55-/m1/s1. The average Bonchev–Trinajstić information content (AvgIpc) is 3.28. The van der Waals surface area contributed by atoms with Crippen molar-refractivity contribution in [3.8, 4) is 0 Å². The molecule has 0 aromatic rings.